The molecule has 0 aliphatic heterocycles. The van der Waals surface area contributed by atoms with Gasteiger partial charge in [-0.2, -0.15) is 0 Å². The number of pyridine rings is 1. The number of hydrogen-bond acceptors (Lipinski definition) is 4. The fourth-order valence-electron chi connectivity index (χ4n) is 1.02. The molecular formula is C8H8N4. The molecule has 0 unspecified atom stereocenters. The summed E-state index contributed by atoms with van der Waals surface area (Å²) in [6.07, 6.45) is 2.34. The Kier molecular flexibility index (Phi) is 1.66. The van der Waals surface area contributed by atoms with Crippen molar-refractivity contribution in [2.45, 2.75) is 13.3 Å². The van der Waals surface area contributed by atoms with E-state index in [1.54, 1.807) is 0 Å². The Bertz CT molecular complexity index is 399. The van der Waals surface area contributed by atoms with Gasteiger partial charge in [0.25, 0.3) is 0 Å². The number of aryl methyl sites for hydroxylation is 1. The van der Waals surface area contributed by atoms with Crippen LogP contribution in [0.3, 0.4) is 0 Å². The first-order valence-electron chi connectivity index (χ1n) is 3.83. The average Bonchev–Trinajstić information content (AvgIpc) is 2.17. The second-order valence-electron chi connectivity index (χ2n) is 2.46. The van der Waals surface area contributed by atoms with Crippen LogP contribution in [0.15, 0.2) is 18.5 Å². The van der Waals surface area contributed by atoms with Gasteiger partial charge in [-0.05, 0) is 18.6 Å². The molecule has 0 saturated carbocycles. The van der Waals surface area contributed by atoms with Gasteiger partial charge in [0.2, 0.25) is 5.65 Å². The summed E-state index contributed by atoms with van der Waals surface area (Å²) < 4.78 is 0. The van der Waals surface area contributed by atoms with Gasteiger partial charge in [0.15, 0.2) is 0 Å². The van der Waals surface area contributed by atoms with Crippen molar-refractivity contribution in [1.82, 2.24) is 20.2 Å². The molecule has 2 aromatic rings. The molecule has 4 heteroatoms. The number of fused-ring (bicyclic) bond motifs is 1. The molecule has 12 heavy (non-hydrogen) atoms. The summed E-state index contributed by atoms with van der Waals surface area (Å²) in [6, 6.07) is 3.87. The normalized spacial score (nSPS) is 10.4. The molecule has 0 fully saturated rings. The standard InChI is InChI=1S/C8H8N4/c1-2-6-3-4-7-8(11-6)12-10-5-9-7/h3-5H,2H2,1H3. The average molecular weight is 160 g/mol. The fourth-order valence-corrected chi connectivity index (χ4v) is 1.02. The predicted octanol–water partition coefficient (Wildman–Crippen LogP) is 0.982. The van der Waals surface area contributed by atoms with E-state index in [4.69, 9.17) is 0 Å². The van der Waals surface area contributed by atoms with E-state index in [0.29, 0.717) is 5.65 Å². The molecule has 0 saturated heterocycles. The minimum absolute atomic E-state index is 0.622. The maximum absolute atomic E-state index is 4.26. The first-order valence-corrected chi connectivity index (χ1v) is 3.83. The molecular weight excluding hydrogens is 152 g/mol. The lowest BCUT2D eigenvalue weighted by atomic mass is 10.3. The van der Waals surface area contributed by atoms with Crippen molar-refractivity contribution in [2.75, 3.05) is 0 Å². The van der Waals surface area contributed by atoms with E-state index in [-0.39, 0.29) is 0 Å². The maximum Gasteiger partial charge on any atom is 0.200 e. The van der Waals surface area contributed by atoms with Gasteiger partial charge in [0.05, 0.1) is 0 Å². The minimum Gasteiger partial charge on any atom is -0.231 e. The molecule has 0 atom stereocenters. The second kappa shape index (κ2) is 2.81. The summed E-state index contributed by atoms with van der Waals surface area (Å²) in [5, 5.41) is 7.53. The molecule has 2 aromatic heterocycles. The minimum atomic E-state index is 0.622. The Balaban J connectivity index is 2.67. The van der Waals surface area contributed by atoms with Gasteiger partial charge in [-0.1, -0.05) is 6.92 Å². The smallest absolute Gasteiger partial charge is 0.200 e. The van der Waals surface area contributed by atoms with Crippen molar-refractivity contribution in [2.24, 2.45) is 0 Å². The van der Waals surface area contributed by atoms with Crippen molar-refractivity contribution in [3.05, 3.63) is 24.2 Å². The van der Waals surface area contributed by atoms with Crippen LogP contribution in [0, 0.1) is 0 Å². The van der Waals surface area contributed by atoms with Crippen molar-refractivity contribution < 1.29 is 0 Å². The van der Waals surface area contributed by atoms with Crippen molar-refractivity contribution in [3.8, 4) is 0 Å². The predicted molar refractivity (Wildman–Crippen MR) is 44.5 cm³/mol. The van der Waals surface area contributed by atoms with Gasteiger partial charge in [-0.3, -0.25) is 0 Å². The van der Waals surface area contributed by atoms with Gasteiger partial charge in [0, 0.05) is 5.69 Å². The Labute approximate surface area is 69.7 Å². The lowest BCUT2D eigenvalue weighted by Gasteiger charge is -1.96. The highest BCUT2D eigenvalue weighted by Crippen LogP contribution is 2.05. The maximum atomic E-state index is 4.26. The Morgan fingerprint density at radius 2 is 2.25 bits per heavy atom. The Morgan fingerprint density at radius 3 is 3.08 bits per heavy atom. The van der Waals surface area contributed by atoms with Crippen molar-refractivity contribution in [1.29, 1.82) is 0 Å². The van der Waals surface area contributed by atoms with Gasteiger partial charge in [-0.15, -0.1) is 10.2 Å². The van der Waals surface area contributed by atoms with Gasteiger partial charge >= 0.3 is 0 Å². The summed E-state index contributed by atoms with van der Waals surface area (Å²) in [4.78, 5) is 8.28. The van der Waals surface area contributed by atoms with Crippen LogP contribution in [0.2, 0.25) is 0 Å². The lowest BCUT2D eigenvalue weighted by molar-refractivity contribution is 0.973. The molecule has 2 heterocycles. The van der Waals surface area contributed by atoms with Crippen LogP contribution in [0.25, 0.3) is 11.2 Å². The highest BCUT2D eigenvalue weighted by Gasteiger charge is 1.97. The van der Waals surface area contributed by atoms with E-state index in [9.17, 15) is 0 Å². The van der Waals surface area contributed by atoms with Crippen LogP contribution >= 0.6 is 0 Å². The van der Waals surface area contributed by atoms with E-state index in [1.807, 2.05) is 12.1 Å². The molecule has 0 N–H and O–H groups in total. The van der Waals surface area contributed by atoms with Gasteiger partial charge < -0.3 is 0 Å². The summed E-state index contributed by atoms with van der Waals surface area (Å²) in [5.74, 6) is 0. The van der Waals surface area contributed by atoms with E-state index in [0.717, 1.165) is 17.6 Å². The summed E-state index contributed by atoms with van der Waals surface area (Å²) in [6.45, 7) is 2.05. The topological polar surface area (TPSA) is 51.6 Å². The SMILES string of the molecule is CCc1ccc2ncnnc2n1. The van der Waals surface area contributed by atoms with Crippen LogP contribution < -0.4 is 0 Å². The summed E-state index contributed by atoms with van der Waals surface area (Å²) >= 11 is 0. The molecule has 4 nitrogen and oxygen atoms in total. The highest BCUT2D eigenvalue weighted by molar-refractivity contribution is 5.68. The molecule has 0 bridgehead atoms. The summed E-state index contributed by atoms with van der Waals surface area (Å²) in [5.41, 5.74) is 2.43. The molecule has 0 radical (unpaired) electrons. The zero-order valence-electron chi connectivity index (χ0n) is 6.73. The van der Waals surface area contributed by atoms with E-state index < -0.39 is 0 Å². The van der Waals surface area contributed by atoms with Gasteiger partial charge in [-0.25, -0.2) is 9.97 Å². The number of aromatic nitrogens is 4. The molecule has 0 aromatic carbocycles. The summed E-state index contributed by atoms with van der Waals surface area (Å²) in [7, 11) is 0. The number of nitrogens with zero attached hydrogens (tertiary/aromatic N) is 4. The number of rotatable bonds is 1. The zero-order valence-corrected chi connectivity index (χ0v) is 6.73. The van der Waals surface area contributed by atoms with Gasteiger partial charge in [0.1, 0.15) is 11.8 Å². The molecule has 0 aliphatic carbocycles. The quantitative estimate of drug-likeness (QED) is 0.624. The molecule has 0 amide bonds. The molecule has 0 aliphatic rings. The van der Waals surface area contributed by atoms with E-state index >= 15 is 0 Å². The first-order chi connectivity index (χ1) is 5.90. The zero-order chi connectivity index (χ0) is 8.39. The Hall–Kier alpha value is -1.58. The first kappa shape index (κ1) is 7.09. The molecule has 0 spiro atoms. The van der Waals surface area contributed by atoms with Crippen LogP contribution in [0.1, 0.15) is 12.6 Å². The third-order valence-electron chi connectivity index (χ3n) is 1.68. The highest BCUT2D eigenvalue weighted by atomic mass is 15.2. The van der Waals surface area contributed by atoms with E-state index in [2.05, 4.69) is 27.1 Å². The van der Waals surface area contributed by atoms with Crippen LogP contribution in [-0.4, -0.2) is 20.2 Å². The van der Waals surface area contributed by atoms with Crippen molar-refractivity contribution in [3.63, 3.8) is 0 Å². The third-order valence-corrected chi connectivity index (χ3v) is 1.68. The van der Waals surface area contributed by atoms with E-state index in [1.165, 1.54) is 6.33 Å². The van der Waals surface area contributed by atoms with Crippen LogP contribution in [-0.2, 0) is 6.42 Å². The lowest BCUT2D eigenvalue weighted by Crippen LogP contribution is -1.93. The molecule has 2 rings (SSSR count). The fraction of sp³-hybridized carbons (Fsp3) is 0.250. The van der Waals surface area contributed by atoms with Crippen LogP contribution in [0.4, 0.5) is 0 Å². The largest absolute Gasteiger partial charge is 0.231 e. The van der Waals surface area contributed by atoms with Crippen molar-refractivity contribution >= 4 is 11.2 Å². The monoisotopic (exact) mass is 160 g/mol. The molecule has 60 valence electrons. The van der Waals surface area contributed by atoms with Crippen LogP contribution in [0.5, 0.6) is 0 Å². The second-order valence-corrected chi connectivity index (χ2v) is 2.46. The Morgan fingerprint density at radius 1 is 1.33 bits per heavy atom. The number of hydrogen-bond donors (Lipinski definition) is 0. The third kappa shape index (κ3) is 1.11.